The van der Waals surface area contributed by atoms with Gasteiger partial charge in [-0.1, -0.05) is 30.4 Å². The molecule has 1 aromatic heterocycles. The molecule has 0 atom stereocenters. The molecule has 9 nitrogen and oxygen atoms in total. The zero-order valence-electron chi connectivity index (χ0n) is 21.5. The number of fused-ring (bicyclic) bond motifs is 7. The third kappa shape index (κ3) is 6.39. The van der Waals surface area contributed by atoms with E-state index in [9.17, 15) is 8.42 Å². The van der Waals surface area contributed by atoms with Gasteiger partial charge in [0.05, 0.1) is 37.9 Å². The van der Waals surface area contributed by atoms with Gasteiger partial charge in [0.2, 0.25) is 16.0 Å². The zero-order chi connectivity index (χ0) is 26.4. The van der Waals surface area contributed by atoms with Crippen LogP contribution in [0.1, 0.15) is 18.1 Å². The van der Waals surface area contributed by atoms with Crippen LogP contribution in [0.25, 0.3) is 11.3 Å². The summed E-state index contributed by atoms with van der Waals surface area (Å²) >= 11 is 0. The van der Waals surface area contributed by atoms with Crippen LogP contribution in [0.5, 0.6) is 0 Å². The molecule has 1 N–H and O–H groups in total. The van der Waals surface area contributed by atoms with Gasteiger partial charge in [-0.15, -0.1) is 0 Å². The highest BCUT2D eigenvalue weighted by Gasteiger charge is 2.26. The molecule has 200 valence electrons. The van der Waals surface area contributed by atoms with Gasteiger partial charge in [0, 0.05) is 54.9 Å². The Bertz CT molecular complexity index is 1390. The minimum atomic E-state index is -3.18. The summed E-state index contributed by atoms with van der Waals surface area (Å²) in [7, 11) is -3.18. The summed E-state index contributed by atoms with van der Waals surface area (Å²) in [5, 5.41) is 3.34. The first kappa shape index (κ1) is 26.3. The van der Waals surface area contributed by atoms with Crippen molar-refractivity contribution in [2.75, 3.05) is 55.4 Å². The van der Waals surface area contributed by atoms with E-state index >= 15 is 0 Å². The summed E-state index contributed by atoms with van der Waals surface area (Å²) in [5.41, 5.74) is 5.81. The fourth-order valence-electron chi connectivity index (χ4n) is 4.62. The van der Waals surface area contributed by atoms with Crippen molar-refractivity contribution in [3.63, 3.8) is 0 Å². The molecule has 6 bridgehead atoms. The summed E-state index contributed by atoms with van der Waals surface area (Å²) in [6.45, 7) is 5.77. The van der Waals surface area contributed by atoms with Crippen molar-refractivity contribution < 1.29 is 17.9 Å². The molecule has 0 spiro atoms. The molecule has 1 fully saturated rings. The topological polar surface area (TPSA) is 96.9 Å². The predicted molar refractivity (Wildman–Crippen MR) is 149 cm³/mol. The number of benzene rings is 2. The Kier molecular flexibility index (Phi) is 8.33. The molecule has 0 radical (unpaired) electrons. The van der Waals surface area contributed by atoms with Gasteiger partial charge in [-0.25, -0.2) is 18.4 Å². The SMILES string of the molecule is CCS(=O)(=O)N1CCN(c2ccc3cc2COCC=CCOCc2cccc(c2)-c2ccnc(n2)N3)CC1. The third-order valence-corrected chi connectivity index (χ3v) is 8.55. The molecule has 0 amide bonds. The van der Waals surface area contributed by atoms with Gasteiger partial charge in [0.15, 0.2) is 0 Å². The van der Waals surface area contributed by atoms with E-state index < -0.39 is 10.0 Å². The van der Waals surface area contributed by atoms with Crippen molar-refractivity contribution in [3.8, 4) is 11.3 Å². The number of hydrogen-bond donors (Lipinski definition) is 1. The first-order chi connectivity index (χ1) is 18.5. The summed E-state index contributed by atoms with van der Waals surface area (Å²) in [6, 6.07) is 16.2. The monoisotopic (exact) mass is 535 g/mol. The Hall–Kier alpha value is -3.31. The Labute approximate surface area is 224 Å². The molecule has 2 aliphatic heterocycles. The van der Waals surface area contributed by atoms with Crippen molar-refractivity contribution in [3.05, 3.63) is 78.0 Å². The number of piperazine rings is 1. The lowest BCUT2D eigenvalue weighted by atomic mass is 10.1. The van der Waals surface area contributed by atoms with Crippen molar-refractivity contribution in [1.82, 2.24) is 14.3 Å². The Morgan fingerprint density at radius 3 is 2.53 bits per heavy atom. The summed E-state index contributed by atoms with van der Waals surface area (Å²) in [6.07, 6.45) is 5.68. The van der Waals surface area contributed by atoms with Gasteiger partial charge >= 0.3 is 0 Å². The Morgan fingerprint density at radius 1 is 0.947 bits per heavy atom. The second-order valence-corrected chi connectivity index (χ2v) is 11.5. The van der Waals surface area contributed by atoms with Gasteiger partial charge in [-0.05, 0) is 42.8 Å². The lowest BCUT2D eigenvalue weighted by Crippen LogP contribution is -2.49. The van der Waals surface area contributed by atoms with Crippen LogP contribution in [0.2, 0.25) is 0 Å². The Balaban J connectivity index is 1.41. The smallest absolute Gasteiger partial charge is 0.227 e. The van der Waals surface area contributed by atoms with E-state index in [1.165, 1.54) is 0 Å². The quantitative estimate of drug-likeness (QED) is 0.504. The van der Waals surface area contributed by atoms with E-state index in [1.54, 1.807) is 17.4 Å². The number of ether oxygens (including phenoxy) is 2. The maximum atomic E-state index is 12.3. The molecule has 3 aromatic rings. The first-order valence-corrected chi connectivity index (χ1v) is 14.5. The number of nitrogens with one attached hydrogen (secondary N) is 1. The second kappa shape index (κ2) is 12.0. The summed E-state index contributed by atoms with van der Waals surface area (Å²) in [5.74, 6) is 0.630. The van der Waals surface area contributed by atoms with Gasteiger partial charge in [-0.3, -0.25) is 0 Å². The van der Waals surface area contributed by atoms with E-state index in [4.69, 9.17) is 14.5 Å². The van der Waals surface area contributed by atoms with Crippen LogP contribution in [0.4, 0.5) is 17.3 Å². The second-order valence-electron chi connectivity index (χ2n) is 9.22. The normalized spacial score (nSPS) is 17.3. The standard InChI is InChI=1S/C28H33N5O4S/c1-2-38(34,35)33-14-12-32(13-15-33)27-9-8-25-19-24(27)21-37-17-4-3-16-36-20-22-6-5-7-23(18-22)26-10-11-29-28(30-25)31-26/h3-11,18-19H,2,12-17,20-21H2,1H3,(H,29,30,31). The van der Waals surface area contributed by atoms with Gasteiger partial charge in [-0.2, -0.15) is 4.31 Å². The highest BCUT2D eigenvalue weighted by atomic mass is 32.2. The lowest BCUT2D eigenvalue weighted by Gasteiger charge is -2.36. The van der Waals surface area contributed by atoms with Crippen molar-refractivity contribution in [2.24, 2.45) is 0 Å². The van der Waals surface area contributed by atoms with E-state index in [-0.39, 0.29) is 5.75 Å². The molecule has 1 saturated heterocycles. The van der Waals surface area contributed by atoms with E-state index in [2.05, 4.69) is 33.4 Å². The van der Waals surface area contributed by atoms with Crippen LogP contribution >= 0.6 is 0 Å². The molecule has 2 aliphatic rings. The summed E-state index contributed by atoms with van der Waals surface area (Å²) in [4.78, 5) is 11.4. The molecule has 38 heavy (non-hydrogen) atoms. The van der Waals surface area contributed by atoms with Gasteiger partial charge in [0.25, 0.3) is 0 Å². The van der Waals surface area contributed by atoms with Crippen LogP contribution in [-0.4, -0.2) is 67.8 Å². The molecule has 0 aliphatic carbocycles. The molecule has 2 aromatic carbocycles. The lowest BCUT2D eigenvalue weighted by molar-refractivity contribution is 0.140. The van der Waals surface area contributed by atoms with Gasteiger partial charge in [0.1, 0.15) is 0 Å². The van der Waals surface area contributed by atoms with Crippen molar-refractivity contribution in [2.45, 2.75) is 20.1 Å². The first-order valence-electron chi connectivity index (χ1n) is 12.9. The van der Waals surface area contributed by atoms with Crippen LogP contribution in [0, 0.1) is 0 Å². The number of nitrogens with zero attached hydrogens (tertiary/aromatic N) is 4. The number of anilines is 3. The van der Waals surface area contributed by atoms with E-state index in [0.29, 0.717) is 58.6 Å². The average molecular weight is 536 g/mol. The minimum Gasteiger partial charge on any atom is -0.373 e. The zero-order valence-corrected chi connectivity index (χ0v) is 22.4. The van der Waals surface area contributed by atoms with Crippen LogP contribution in [-0.2, 0) is 32.7 Å². The fourth-order valence-corrected chi connectivity index (χ4v) is 5.71. The van der Waals surface area contributed by atoms with E-state index in [1.807, 2.05) is 42.5 Å². The minimum absolute atomic E-state index is 0.125. The van der Waals surface area contributed by atoms with Crippen LogP contribution < -0.4 is 10.2 Å². The van der Waals surface area contributed by atoms with E-state index in [0.717, 1.165) is 33.8 Å². The molecule has 5 rings (SSSR count). The molecule has 0 saturated carbocycles. The fraction of sp³-hybridized carbons (Fsp3) is 0.357. The van der Waals surface area contributed by atoms with Crippen LogP contribution in [0.15, 0.2) is 66.9 Å². The molecular weight excluding hydrogens is 502 g/mol. The molecular formula is C28H33N5O4S. The highest BCUT2D eigenvalue weighted by molar-refractivity contribution is 7.89. The highest BCUT2D eigenvalue weighted by Crippen LogP contribution is 2.28. The average Bonchev–Trinajstić information content (AvgIpc) is 2.94. The predicted octanol–water partition coefficient (Wildman–Crippen LogP) is 3.96. The molecule has 0 unspecified atom stereocenters. The Morgan fingerprint density at radius 2 is 1.74 bits per heavy atom. The summed E-state index contributed by atoms with van der Waals surface area (Å²) < 4.78 is 38.0. The largest absolute Gasteiger partial charge is 0.373 e. The molecule has 3 heterocycles. The third-order valence-electron chi connectivity index (χ3n) is 6.67. The number of sulfonamides is 1. The van der Waals surface area contributed by atoms with Crippen molar-refractivity contribution in [1.29, 1.82) is 0 Å². The maximum Gasteiger partial charge on any atom is 0.227 e. The number of hydrogen-bond acceptors (Lipinski definition) is 8. The number of aromatic nitrogens is 2. The maximum absolute atomic E-state index is 12.3. The number of rotatable bonds is 3. The molecule has 10 heteroatoms. The van der Waals surface area contributed by atoms with Gasteiger partial charge < -0.3 is 19.7 Å². The van der Waals surface area contributed by atoms with Crippen molar-refractivity contribution >= 4 is 27.3 Å². The van der Waals surface area contributed by atoms with Crippen LogP contribution in [0.3, 0.4) is 0 Å².